The third-order valence-corrected chi connectivity index (χ3v) is 2.16. The van der Waals surface area contributed by atoms with Crippen LogP contribution in [0.25, 0.3) is 0 Å². The first-order valence-corrected chi connectivity index (χ1v) is 5.25. The van der Waals surface area contributed by atoms with E-state index in [9.17, 15) is 0 Å². The summed E-state index contributed by atoms with van der Waals surface area (Å²) < 4.78 is 5.51. The number of nitrogens with zero attached hydrogens (tertiary/aromatic N) is 2. The smallest absolute Gasteiger partial charge is 0.155 e. The first-order chi connectivity index (χ1) is 7.13. The number of nitrogens with one attached hydrogen (secondary N) is 1. The van der Waals surface area contributed by atoms with E-state index in [4.69, 9.17) is 4.74 Å². The molecule has 1 rings (SSSR count). The van der Waals surface area contributed by atoms with E-state index >= 15 is 0 Å². The Morgan fingerprint density at radius 1 is 1.27 bits per heavy atom. The molecule has 0 saturated carbocycles. The van der Waals surface area contributed by atoms with Crippen LogP contribution in [-0.2, 0) is 0 Å². The Hall–Kier alpha value is -1.16. The molecule has 0 aromatic carbocycles. The zero-order valence-corrected chi connectivity index (χ0v) is 9.82. The monoisotopic (exact) mass is 209 g/mol. The Morgan fingerprint density at radius 3 is 2.33 bits per heavy atom. The van der Waals surface area contributed by atoms with Crippen LogP contribution in [0.4, 0.5) is 0 Å². The third-order valence-electron chi connectivity index (χ3n) is 2.16. The Balaban J connectivity index is 2.50. The summed E-state index contributed by atoms with van der Waals surface area (Å²) in [6.07, 6.45) is 3.45. The van der Waals surface area contributed by atoms with Crippen molar-refractivity contribution in [2.24, 2.45) is 0 Å². The lowest BCUT2D eigenvalue weighted by atomic mass is 10.2. The second kappa shape index (κ2) is 5.66. The highest BCUT2D eigenvalue weighted by atomic mass is 16.5. The molecule has 1 aromatic rings. The standard InChI is InChI=1S/C11H19N3O/c1-8(2)11-13-5-10(6-14-11)15-7-9(3)12-4/h5-6,8-9,12H,7H2,1-4H3. The van der Waals surface area contributed by atoms with E-state index in [0.717, 1.165) is 11.6 Å². The first-order valence-electron chi connectivity index (χ1n) is 5.25. The summed E-state index contributed by atoms with van der Waals surface area (Å²) in [6, 6.07) is 0.328. The van der Waals surface area contributed by atoms with Crippen LogP contribution < -0.4 is 10.1 Å². The van der Waals surface area contributed by atoms with E-state index < -0.39 is 0 Å². The van der Waals surface area contributed by atoms with Crippen molar-refractivity contribution >= 4 is 0 Å². The molecular weight excluding hydrogens is 190 g/mol. The van der Waals surface area contributed by atoms with Crippen molar-refractivity contribution in [1.82, 2.24) is 15.3 Å². The zero-order chi connectivity index (χ0) is 11.3. The molecule has 0 amide bonds. The molecule has 84 valence electrons. The molecule has 1 unspecified atom stereocenters. The number of hydrogen-bond donors (Lipinski definition) is 1. The van der Waals surface area contributed by atoms with Gasteiger partial charge >= 0.3 is 0 Å². The highest BCUT2D eigenvalue weighted by molar-refractivity contribution is 5.13. The summed E-state index contributed by atoms with van der Waals surface area (Å²) in [6.45, 7) is 6.82. The normalized spacial score (nSPS) is 12.9. The van der Waals surface area contributed by atoms with Crippen molar-refractivity contribution in [2.45, 2.75) is 32.7 Å². The Labute approximate surface area is 91.1 Å². The molecule has 0 bridgehead atoms. The van der Waals surface area contributed by atoms with Crippen LogP contribution in [0.2, 0.25) is 0 Å². The van der Waals surface area contributed by atoms with Crippen molar-refractivity contribution in [1.29, 1.82) is 0 Å². The Kier molecular flexibility index (Phi) is 4.49. The van der Waals surface area contributed by atoms with Crippen LogP contribution in [0.15, 0.2) is 12.4 Å². The average molecular weight is 209 g/mol. The van der Waals surface area contributed by atoms with Crippen molar-refractivity contribution in [3.8, 4) is 5.75 Å². The van der Waals surface area contributed by atoms with E-state index in [1.165, 1.54) is 0 Å². The second-order valence-corrected chi connectivity index (χ2v) is 3.93. The Morgan fingerprint density at radius 2 is 1.87 bits per heavy atom. The highest BCUT2D eigenvalue weighted by Gasteiger charge is 2.03. The van der Waals surface area contributed by atoms with Crippen LogP contribution in [0, 0.1) is 0 Å². The molecule has 0 saturated heterocycles. The quantitative estimate of drug-likeness (QED) is 0.800. The summed E-state index contributed by atoms with van der Waals surface area (Å²) in [4.78, 5) is 8.45. The number of aromatic nitrogens is 2. The third kappa shape index (κ3) is 3.83. The average Bonchev–Trinajstić information content (AvgIpc) is 2.26. The zero-order valence-electron chi connectivity index (χ0n) is 9.82. The lowest BCUT2D eigenvalue weighted by Gasteiger charge is -2.11. The van der Waals surface area contributed by atoms with Gasteiger partial charge in [-0.1, -0.05) is 13.8 Å². The SMILES string of the molecule is CNC(C)COc1cnc(C(C)C)nc1. The molecule has 1 aromatic heterocycles. The molecule has 0 aliphatic heterocycles. The fourth-order valence-corrected chi connectivity index (χ4v) is 1.00. The van der Waals surface area contributed by atoms with Crippen molar-refractivity contribution in [2.75, 3.05) is 13.7 Å². The maximum atomic E-state index is 5.51. The number of likely N-dealkylation sites (N-methyl/N-ethyl adjacent to an activating group) is 1. The predicted molar refractivity (Wildman–Crippen MR) is 60.1 cm³/mol. The fraction of sp³-hybridized carbons (Fsp3) is 0.636. The maximum Gasteiger partial charge on any atom is 0.155 e. The summed E-state index contributed by atoms with van der Waals surface area (Å²) >= 11 is 0. The van der Waals surface area contributed by atoms with E-state index in [2.05, 4.69) is 36.1 Å². The Bertz CT molecular complexity index is 284. The maximum absolute atomic E-state index is 5.51. The van der Waals surface area contributed by atoms with Gasteiger partial charge in [-0.25, -0.2) is 9.97 Å². The topological polar surface area (TPSA) is 47.0 Å². The molecule has 1 atom stereocenters. The molecule has 0 aliphatic rings. The van der Waals surface area contributed by atoms with Crippen LogP contribution in [0.5, 0.6) is 5.75 Å². The minimum atomic E-state index is 0.328. The van der Waals surface area contributed by atoms with Gasteiger partial charge in [-0.2, -0.15) is 0 Å². The van der Waals surface area contributed by atoms with E-state index in [-0.39, 0.29) is 0 Å². The van der Waals surface area contributed by atoms with Crippen LogP contribution >= 0.6 is 0 Å². The largest absolute Gasteiger partial charge is 0.489 e. The van der Waals surface area contributed by atoms with Gasteiger partial charge in [0, 0.05) is 12.0 Å². The van der Waals surface area contributed by atoms with Gasteiger partial charge in [0.15, 0.2) is 5.75 Å². The molecule has 0 radical (unpaired) electrons. The van der Waals surface area contributed by atoms with Crippen molar-refractivity contribution < 1.29 is 4.74 Å². The summed E-state index contributed by atoms with van der Waals surface area (Å²) in [5.74, 6) is 1.93. The molecule has 15 heavy (non-hydrogen) atoms. The van der Waals surface area contributed by atoms with Gasteiger partial charge in [-0.3, -0.25) is 0 Å². The minimum Gasteiger partial charge on any atom is -0.489 e. The van der Waals surface area contributed by atoms with Crippen molar-refractivity contribution in [3.05, 3.63) is 18.2 Å². The molecule has 4 nitrogen and oxygen atoms in total. The van der Waals surface area contributed by atoms with Gasteiger partial charge in [-0.05, 0) is 14.0 Å². The number of hydrogen-bond acceptors (Lipinski definition) is 4. The van der Waals surface area contributed by atoms with E-state index in [1.54, 1.807) is 12.4 Å². The lowest BCUT2D eigenvalue weighted by molar-refractivity contribution is 0.277. The molecule has 4 heteroatoms. The molecule has 0 aliphatic carbocycles. The van der Waals surface area contributed by atoms with Gasteiger partial charge < -0.3 is 10.1 Å². The number of rotatable bonds is 5. The predicted octanol–water partition coefficient (Wildman–Crippen LogP) is 1.59. The van der Waals surface area contributed by atoms with Gasteiger partial charge in [0.05, 0.1) is 12.4 Å². The van der Waals surface area contributed by atoms with E-state index in [0.29, 0.717) is 18.6 Å². The van der Waals surface area contributed by atoms with Crippen LogP contribution in [0.3, 0.4) is 0 Å². The fourth-order valence-electron chi connectivity index (χ4n) is 1.00. The first kappa shape index (κ1) is 11.9. The molecule has 0 spiro atoms. The summed E-state index contributed by atoms with van der Waals surface area (Å²) in [7, 11) is 1.91. The van der Waals surface area contributed by atoms with E-state index in [1.807, 2.05) is 7.05 Å². The number of ether oxygens (including phenoxy) is 1. The summed E-state index contributed by atoms with van der Waals surface area (Å²) in [5, 5.41) is 3.10. The lowest BCUT2D eigenvalue weighted by Crippen LogP contribution is -2.28. The van der Waals surface area contributed by atoms with Crippen LogP contribution in [0.1, 0.15) is 32.5 Å². The minimum absolute atomic E-state index is 0.328. The molecule has 1 heterocycles. The molecule has 0 fully saturated rings. The van der Waals surface area contributed by atoms with Crippen LogP contribution in [-0.4, -0.2) is 29.7 Å². The van der Waals surface area contributed by atoms with Gasteiger partial charge in [-0.15, -0.1) is 0 Å². The second-order valence-electron chi connectivity index (χ2n) is 3.93. The molecule has 1 N–H and O–H groups in total. The van der Waals surface area contributed by atoms with Crippen molar-refractivity contribution in [3.63, 3.8) is 0 Å². The van der Waals surface area contributed by atoms with Gasteiger partial charge in [0.25, 0.3) is 0 Å². The highest BCUT2D eigenvalue weighted by Crippen LogP contribution is 2.11. The van der Waals surface area contributed by atoms with Gasteiger partial charge in [0.1, 0.15) is 12.4 Å². The molecular formula is C11H19N3O. The summed E-state index contributed by atoms with van der Waals surface area (Å²) in [5.41, 5.74) is 0. The van der Waals surface area contributed by atoms with Gasteiger partial charge in [0.2, 0.25) is 0 Å².